The fourth-order valence-electron chi connectivity index (χ4n) is 4.51. The van der Waals surface area contributed by atoms with Gasteiger partial charge < -0.3 is 20.5 Å². The van der Waals surface area contributed by atoms with Crippen molar-refractivity contribution >= 4 is 22.5 Å². The number of nitrogens with zero attached hydrogens (tertiary/aromatic N) is 2. The van der Waals surface area contributed by atoms with Gasteiger partial charge in [-0.3, -0.25) is 4.79 Å². The Morgan fingerprint density at radius 2 is 1.90 bits per heavy atom. The van der Waals surface area contributed by atoms with E-state index in [2.05, 4.69) is 47.6 Å². The molecule has 0 unspecified atom stereocenters. The van der Waals surface area contributed by atoms with Crippen molar-refractivity contribution in [3.8, 4) is 11.1 Å². The van der Waals surface area contributed by atoms with Gasteiger partial charge in [0.25, 0.3) is 0 Å². The largest absolute Gasteiger partial charge is 0.399 e. The minimum absolute atomic E-state index is 0.0545. The van der Waals surface area contributed by atoms with Crippen LogP contribution in [0.2, 0.25) is 0 Å². The topological polar surface area (TPSA) is 63.3 Å². The van der Waals surface area contributed by atoms with Crippen molar-refractivity contribution in [3.63, 3.8) is 0 Å². The second-order valence-electron chi connectivity index (χ2n) is 8.47. The lowest BCUT2D eigenvalue weighted by atomic mass is 9.94. The third-order valence-corrected chi connectivity index (χ3v) is 6.29. The number of aromatic nitrogens is 1. The Labute approximate surface area is 178 Å². The average Bonchev–Trinajstić information content (AvgIpc) is 3.16. The third kappa shape index (κ3) is 4.85. The quantitative estimate of drug-likeness (QED) is 0.578. The number of rotatable bonds is 7. The molecule has 1 aliphatic rings. The first-order valence-corrected chi connectivity index (χ1v) is 11.0. The summed E-state index contributed by atoms with van der Waals surface area (Å²) in [5, 5.41) is 4.22. The van der Waals surface area contributed by atoms with Crippen LogP contribution in [-0.4, -0.2) is 41.6 Å². The number of anilines is 1. The summed E-state index contributed by atoms with van der Waals surface area (Å²) >= 11 is 0. The summed E-state index contributed by atoms with van der Waals surface area (Å²) in [5.41, 5.74) is 9.93. The second-order valence-corrected chi connectivity index (χ2v) is 8.47. The predicted octanol–water partition coefficient (Wildman–Crippen LogP) is 4.27. The van der Waals surface area contributed by atoms with Crippen LogP contribution in [0.3, 0.4) is 0 Å². The molecule has 1 amide bonds. The fraction of sp³-hybridized carbons (Fsp3) is 0.400. The van der Waals surface area contributed by atoms with E-state index < -0.39 is 0 Å². The zero-order valence-electron chi connectivity index (χ0n) is 17.8. The standard InChI is InChI=1S/C25H32N4O/c1-28(23-8-3-2-4-9-23)15-13-27-25(30)18-29-14-12-19-10-11-21(17-24(19)29)20-6-5-7-22(26)16-20/h5-7,10-12,14,16-17,23H,2-4,8-9,13,15,18,26H2,1H3,(H,27,30). The van der Waals surface area contributed by atoms with Crippen molar-refractivity contribution in [1.82, 2.24) is 14.8 Å². The Morgan fingerprint density at radius 3 is 2.70 bits per heavy atom. The lowest BCUT2D eigenvalue weighted by Gasteiger charge is -2.31. The molecule has 0 atom stereocenters. The molecule has 0 radical (unpaired) electrons. The van der Waals surface area contributed by atoms with Crippen molar-refractivity contribution in [3.05, 3.63) is 54.7 Å². The number of hydrogen-bond acceptors (Lipinski definition) is 3. The van der Waals surface area contributed by atoms with Gasteiger partial charge in [-0.05, 0) is 60.7 Å². The van der Waals surface area contributed by atoms with Crippen LogP contribution in [0.25, 0.3) is 22.0 Å². The van der Waals surface area contributed by atoms with Crippen LogP contribution in [0.15, 0.2) is 54.7 Å². The highest BCUT2D eigenvalue weighted by atomic mass is 16.1. The first kappa shape index (κ1) is 20.5. The molecule has 5 heteroatoms. The van der Waals surface area contributed by atoms with Crippen LogP contribution < -0.4 is 11.1 Å². The molecule has 1 aromatic heterocycles. The molecular formula is C25H32N4O. The van der Waals surface area contributed by atoms with Gasteiger partial charge in [0.15, 0.2) is 0 Å². The summed E-state index contributed by atoms with van der Waals surface area (Å²) < 4.78 is 2.02. The molecule has 3 aromatic rings. The van der Waals surface area contributed by atoms with E-state index in [0.717, 1.165) is 34.3 Å². The Kier molecular flexibility index (Phi) is 6.38. The predicted molar refractivity (Wildman–Crippen MR) is 124 cm³/mol. The summed E-state index contributed by atoms with van der Waals surface area (Å²) in [5.74, 6) is 0.0545. The molecule has 1 saturated carbocycles. The lowest BCUT2D eigenvalue weighted by molar-refractivity contribution is -0.121. The lowest BCUT2D eigenvalue weighted by Crippen LogP contribution is -2.40. The number of hydrogen-bond donors (Lipinski definition) is 2. The summed E-state index contributed by atoms with van der Waals surface area (Å²) in [4.78, 5) is 14.9. The van der Waals surface area contributed by atoms with Gasteiger partial charge in [0.2, 0.25) is 5.91 Å². The van der Waals surface area contributed by atoms with Crippen molar-refractivity contribution in [2.45, 2.75) is 44.7 Å². The number of fused-ring (bicyclic) bond motifs is 1. The van der Waals surface area contributed by atoms with Crippen LogP contribution in [-0.2, 0) is 11.3 Å². The van der Waals surface area contributed by atoms with Gasteiger partial charge in [0, 0.05) is 36.5 Å². The maximum absolute atomic E-state index is 12.5. The molecular weight excluding hydrogens is 372 g/mol. The zero-order chi connectivity index (χ0) is 20.9. The highest BCUT2D eigenvalue weighted by Crippen LogP contribution is 2.26. The summed E-state index contributed by atoms with van der Waals surface area (Å²) in [6.45, 7) is 1.93. The van der Waals surface area contributed by atoms with Crippen molar-refractivity contribution in [2.75, 3.05) is 25.9 Å². The molecule has 4 rings (SSSR count). The summed E-state index contributed by atoms with van der Waals surface area (Å²) in [6.07, 6.45) is 8.59. The van der Waals surface area contributed by atoms with Gasteiger partial charge in [-0.1, -0.05) is 43.5 Å². The van der Waals surface area contributed by atoms with Crippen LogP contribution >= 0.6 is 0 Å². The number of nitrogens with one attached hydrogen (secondary N) is 1. The van der Waals surface area contributed by atoms with Gasteiger partial charge in [-0.25, -0.2) is 0 Å². The van der Waals surface area contributed by atoms with Crippen LogP contribution in [0.4, 0.5) is 5.69 Å². The van der Waals surface area contributed by atoms with E-state index in [1.165, 1.54) is 32.1 Å². The van der Waals surface area contributed by atoms with E-state index >= 15 is 0 Å². The van der Waals surface area contributed by atoms with Crippen molar-refractivity contribution in [1.29, 1.82) is 0 Å². The van der Waals surface area contributed by atoms with E-state index in [1.54, 1.807) is 0 Å². The number of amides is 1. The Hall–Kier alpha value is -2.79. The molecule has 3 N–H and O–H groups in total. The fourth-order valence-corrected chi connectivity index (χ4v) is 4.51. The van der Waals surface area contributed by atoms with E-state index in [4.69, 9.17) is 5.73 Å². The molecule has 2 aromatic carbocycles. The van der Waals surface area contributed by atoms with Crippen LogP contribution in [0.5, 0.6) is 0 Å². The van der Waals surface area contributed by atoms with Crippen LogP contribution in [0.1, 0.15) is 32.1 Å². The maximum Gasteiger partial charge on any atom is 0.239 e. The monoisotopic (exact) mass is 404 g/mol. The summed E-state index contributed by atoms with van der Waals surface area (Å²) in [6, 6.07) is 17.0. The molecule has 1 aliphatic carbocycles. The molecule has 30 heavy (non-hydrogen) atoms. The highest BCUT2D eigenvalue weighted by Gasteiger charge is 2.17. The number of likely N-dealkylation sites (N-methyl/N-ethyl adjacent to an activating group) is 1. The van der Waals surface area contributed by atoms with Crippen molar-refractivity contribution < 1.29 is 4.79 Å². The normalized spacial score (nSPS) is 15.0. The third-order valence-electron chi connectivity index (χ3n) is 6.29. The number of benzene rings is 2. The van der Waals surface area contributed by atoms with Gasteiger partial charge in [0.1, 0.15) is 6.54 Å². The zero-order valence-corrected chi connectivity index (χ0v) is 17.8. The van der Waals surface area contributed by atoms with E-state index in [-0.39, 0.29) is 5.91 Å². The molecule has 0 aliphatic heterocycles. The van der Waals surface area contributed by atoms with E-state index in [9.17, 15) is 4.79 Å². The van der Waals surface area contributed by atoms with Gasteiger partial charge >= 0.3 is 0 Å². The first-order chi connectivity index (χ1) is 14.6. The maximum atomic E-state index is 12.5. The Morgan fingerprint density at radius 1 is 1.10 bits per heavy atom. The van der Waals surface area contributed by atoms with Gasteiger partial charge in [0.05, 0.1) is 0 Å². The number of nitrogens with two attached hydrogens (primary N) is 1. The SMILES string of the molecule is CN(CCNC(=O)Cn1ccc2ccc(-c3cccc(N)c3)cc21)C1CCCCC1. The Balaban J connectivity index is 1.37. The first-order valence-electron chi connectivity index (χ1n) is 11.0. The number of carbonyl (C=O) groups excluding carboxylic acids is 1. The molecule has 158 valence electrons. The summed E-state index contributed by atoms with van der Waals surface area (Å²) in [7, 11) is 2.18. The molecule has 1 fully saturated rings. The number of carbonyl (C=O) groups is 1. The smallest absolute Gasteiger partial charge is 0.239 e. The molecule has 5 nitrogen and oxygen atoms in total. The van der Waals surface area contributed by atoms with Gasteiger partial charge in [-0.15, -0.1) is 0 Å². The van der Waals surface area contributed by atoms with E-state index in [0.29, 0.717) is 19.1 Å². The Bertz CT molecular complexity index is 1000. The second kappa shape index (κ2) is 9.35. The van der Waals surface area contributed by atoms with Gasteiger partial charge in [-0.2, -0.15) is 0 Å². The van der Waals surface area contributed by atoms with E-state index in [1.807, 2.05) is 29.0 Å². The molecule has 1 heterocycles. The molecule has 0 spiro atoms. The number of nitrogen functional groups attached to an aromatic ring is 1. The molecule has 0 bridgehead atoms. The van der Waals surface area contributed by atoms with Crippen molar-refractivity contribution in [2.24, 2.45) is 0 Å². The molecule has 0 saturated heterocycles. The van der Waals surface area contributed by atoms with Crippen LogP contribution in [0, 0.1) is 0 Å². The minimum atomic E-state index is 0.0545. The average molecular weight is 405 g/mol. The minimum Gasteiger partial charge on any atom is -0.399 e. The highest BCUT2D eigenvalue weighted by molar-refractivity contribution is 5.87.